The molecule has 1 aromatic rings. The molecule has 1 spiro atoms. The van der Waals surface area contributed by atoms with E-state index in [4.69, 9.17) is 4.74 Å². The molecule has 6 nitrogen and oxygen atoms in total. The van der Waals surface area contributed by atoms with Crippen molar-refractivity contribution in [3.05, 3.63) is 24.4 Å². The van der Waals surface area contributed by atoms with Gasteiger partial charge in [0.1, 0.15) is 5.82 Å². The monoisotopic (exact) mass is 426 g/mol. The lowest BCUT2D eigenvalue weighted by Gasteiger charge is -2.49. The molecule has 0 radical (unpaired) electrons. The lowest BCUT2D eigenvalue weighted by Crippen LogP contribution is -2.57. The van der Waals surface area contributed by atoms with E-state index in [9.17, 15) is 4.79 Å². The third-order valence-corrected chi connectivity index (χ3v) is 8.24. The van der Waals surface area contributed by atoms with E-state index in [-0.39, 0.29) is 5.60 Å². The molecule has 3 saturated heterocycles. The highest BCUT2D eigenvalue weighted by molar-refractivity contribution is 5.76. The van der Waals surface area contributed by atoms with Gasteiger partial charge < -0.3 is 14.5 Å². The van der Waals surface area contributed by atoms with Crippen LogP contribution in [0, 0.1) is 5.92 Å². The summed E-state index contributed by atoms with van der Waals surface area (Å²) >= 11 is 0. The van der Waals surface area contributed by atoms with Crippen LogP contribution >= 0.6 is 0 Å². The Morgan fingerprint density at radius 2 is 1.81 bits per heavy atom. The van der Waals surface area contributed by atoms with E-state index in [1.807, 2.05) is 12.3 Å². The smallest absolute Gasteiger partial charge is 0.222 e. The molecule has 4 heterocycles. The molecule has 1 aromatic heterocycles. The largest absolute Gasteiger partial charge is 0.375 e. The van der Waals surface area contributed by atoms with Crippen LogP contribution in [0.3, 0.4) is 0 Å². The Bertz CT molecular complexity index is 720. The van der Waals surface area contributed by atoms with E-state index < -0.39 is 0 Å². The number of carbonyl (C=O) groups excluding carboxylic acids is 1. The lowest BCUT2D eigenvalue weighted by molar-refractivity contribution is -0.150. The van der Waals surface area contributed by atoms with Gasteiger partial charge in [-0.2, -0.15) is 0 Å². The van der Waals surface area contributed by atoms with Crippen LogP contribution in [0.5, 0.6) is 0 Å². The van der Waals surface area contributed by atoms with Crippen LogP contribution in [0.25, 0.3) is 0 Å². The maximum absolute atomic E-state index is 12.8. The van der Waals surface area contributed by atoms with Crippen LogP contribution < -0.4 is 4.90 Å². The van der Waals surface area contributed by atoms with Gasteiger partial charge in [0.2, 0.25) is 5.91 Å². The summed E-state index contributed by atoms with van der Waals surface area (Å²) in [5.74, 6) is 2.13. The molecule has 4 aliphatic rings. The molecule has 1 saturated carbocycles. The van der Waals surface area contributed by atoms with Crippen LogP contribution in [0.2, 0.25) is 0 Å². The number of aromatic nitrogens is 1. The summed E-state index contributed by atoms with van der Waals surface area (Å²) in [4.78, 5) is 24.5. The molecule has 4 fully saturated rings. The minimum atomic E-state index is -0.00875. The first-order chi connectivity index (χ1) is 15.2. The van der Waals surface area contributed by atoms with E-state index in [0.29, 0.717) is 17.9 Å². The Morgan fingerprint density at radius 3 is 2.52 bits per heavy atom. The predicted octanol–water partition coefficient (Wildman–Crippen LogP) is 3.32. The number of hydrogen-bond acceptors (Lipinski definition) is 5. The van der Waals surface area contributed by atoms with E-state index in [2.05, 4.69) is 31.8 Å². The van der Waals surface area contributed by atoms with Crippen molar-refractivity contribution in [2.24, 2.45) is 5.92 Å². The van der Waals surface area contributed by atoms with Gasteiger partial charge in [-0.05, 0) is 56.6 Å². The van der Waals surface area contributed by atoms with Gasteiger partial charge in [-0.3, -0.25) is 9.69 Å². The van der Waals surface area contributed by atoms with Gasteiger partial charge in [0.05, 0.1) is 5.60 Å². The average molecular weight is 427 g/mol. The molecule has 0 unspecified atom stereocenters. The summed E-state index contributed by atoms with van der Waals surface area (Å²) in [6.07, 6.45) is 12.1. The van der Waals surface area contributed by atoms with Crippen LogP contribution in [0.4, 0.5) is 5.82 Å². The van der Waals surface area contributed by atoms with Gasteiger partial charge in [0.15, 0.2) is 0 Å². The number of likely N-dealkylation sites (tertiary alicyclic amines) is 1. The number of rotatable bonds is 4. The Hall–Kier alpha value is -1.66. The lowest BCUT2D eigenvalue weighted by atomic mass is 9.81. The number of anilines is 1. The summed E-state index contributed by atoms with van der Waals surface area (Å²) in [5, 5.41) is 0. The van der Waals surface area contributed by atoms with Gasteiger partial charge in [-0.25, -0.2) is 4.98 Å². The molecule has 5 rings (SSSR count). The second-order valence-corrected chi connectivity index (χ2v) is 10.1. The molecular weight excluding hydrogens is 388 g/mol. The third kappa shape index (κ3) is 4.90. The van der Waals surface area contributed by atoms with Crippen LogP contribution in [0.15, 0.2) is 24.4 Å². The minimum Gasteiger partial charge on any atom is -0.375 e. The number of ether oxygens (including phenoxy) is 1. The second kappa shape index (κ2) is 9.45. The topological polar surface area (TPSA) is 48.9 Å². The van der Waals surface area contributed by atoms with Crippen molar-refractivity contribution >= 4 is 11.7 Å². The maximum atomic E-state index is 12.8. The number of pyridine rings is 1. The predicted molar refractivity (Wildman–Crippen MR) is 122 cm³/mol. The van der Waals surface area contributed by atoms with E-state index in [1.54, 1.807) is 0 Å². The summed E-state index contributed by atoms with van der Waals surface area (Å²) in [6, 6.07) is 6.78. The van der Waals surface area contributed by atoms with E-state index in [1.165, 1.54) is 25.7 Å². The average Bonchev–Trinajstić information content (AvgIpc) is 3.33. The summed E-state index contributed by atoms with van der Waals surface area (Å²) in [7, 11) is 0. The molecule has 3 aliphatic heterocycles. The number of hydrogen-bond donors (Lipinski definition) is 0. The van der Waals surface area contributed by atoms with Crippen molar-refractivity contribution in [1.29, 1.82) is 0 Å². The molecule has 1 aliphatic carbocycles. The third-order valence-electron chi connectivity index (χ3n) is 8.24. The summed E-state index contributed by atoms with van der Waals surface area (Å²) in [5.41, 5.74) is -0.00875. The zero-order valence-electron chi connectivity index (χ0n) is 18.9. The fraction of sp³-hybridized carbons (Fsp3) is 0.760. The second-order valence-electron chi connectivity index (χ2n) is 10.1. The number of carbonyl (C=O) groups is 1. The highest BCUT2D eigenvalue weighted by atomic mass is 16.5. The molecule has 170 valence electrons. The fourth-order valence-corrected chi connectivity index (χ4v) is 6.27. The fourth-order valence-electron chi connectivity index (χ4n) is 6.27. The zero-order chi connectivity index (χ0) is 21.1. The van der Waals surface area contributed by atoms with Crippen molar-refractivity contribution in [1.82, 2.24) is 14.8 Å². The van der Waals surface area contributed by atoms with Crippen molar-refractivity contribution in [3.8, 4) is 0 Å². The van der Waals surface area contributed by atoms with E-state index >= 15 is 0 Å². The molecule has 0 bridgehead atoms. The van der Waals surface area contributed by atoms with Gasteiger partial charge in [0, 0.05) is 64.5 Å². The minimum absolute atomic E-state index is 0.00875. The quantitative estimate of drug-likeness (QED) is 0.739. The highest BCUT2D eigenvalue weighted by Gasteiger charge is 2.43. The maximum Gasteiger partial charge on any atom is 0.222 e. The van der Waals surface area contributed by atoms with Gasteiger partial charge >= 0.3 is 0 Å². The molecule has 1 atom stereocenters. The highest BCUT2D eigenvalue weighted by Crippen LogP contribution is 2.38. The van der Waals surface area contributed by atoms with Gasteiger partial charge in [-0.15, -0.1) is 0 Å². The van der Waals surface area contributed by atoms with Crippen molar-refractivity contribution in [3.63, 3.8) is 0 Å². The summed E-state index contributed by atoms with van der Waals surface area (Å²) < 4.78 is 6.39. The first kappa shape index (κ1) is 21.2. The van der Waals surface area contributed by atoms with Gasteiger partial charge in [-0.1, -0.05) is 18.9 Å². The number of piperazine rings is 1. The van der Waals surface area contributed by atoms with Crippen LogP contribution in [-0.2, 0) is 9.53 Å². The van der Waals surface area contributed by atoms with Crippen molar-refractivity contribution < 1.29 is 9.53 Å². The first-order valence-corrected chi connectivity index (χ1v) is 12.5. The van der Waals surface area contributed by atoms with E-state index in [0.717, 1.165) is 83.8 Å². The molecule has 0 N–H and O–H groups in total. The standard InChI is InChI=1S/C25H38N4O2/c30-24(19-21-5-1-2-6-21)29-12-9-25(10-13-29)20-22(8-18-31-25)27-14-16-28(17-15-27)23-7-3-4-11-26-23/h3-4,7,11,21-22H,1-2,5-6,8-10,12-20H2/t22-/m1/s1. The number of amides is 1. The van der Waals surface area contributed by atoms with Gasteiger partial charge in [0.25, 0.3) is 0 Å². The Balaban J connectivity index is 1.11. The summed E-state index contributed by atoms with van der Waals surface area (Å²) in [6.45, 7) is 6.92. The first-order valence-electron chi connectivity index (χ1n) is 12.5. The number of nitrogens with zero attached hydrogens (tertiary/aromatic N) is 4. The SMILES string of the molecule is O=C(CC1CCCC1)N1CCC2(CC1)C[C@H](N1CCN(c3ccccn3)CC1)CCO2. The molecule has 0 aromatic carbocycles. The Kier molecular flexibility index (Phi) is 6.46. The molecule has 31 heavy (non-hydrogen) atoms. The molecular formula is C25H38N4O2. The number of piperidine rings is 1. The van der Waals surface area contributed by atoms with Crippen molar-refractivity contribution in [2.75, 3.05) is 50.8 Å². The molecule has 6 heteroatoms. The van der Waals surface area contributed by atoms with Crippen LogP contribution in [0.1, 0.15) is 57.8 Å². The zero-order valence-corrected chi connectivity index (χ0v) is 18.9. The Labute approximate surface area is 186 Å². The molecule has 1 amide bonds. The Morgan fingerprint density at radius 1 is 1.03 bits per heavy atom. The normalized spacial score (nSPS) is 27.7. The van der Waals surface area contributed by atoms with Crippen LogP contribution in [-0.4, -0.2) is 78.2 Å². The van der Waals surface area contributed by atoms with Crippen molar-refractivity contribution in [2.45, 2.75) is 69.4 Å².